The minimum Gasteiger partial charge on any atom is -0.452 e. The van der Waals surface area contributed by atoms with E-state index in [0.717, 1.165) is 42.4 Å². The van der Waals surface area contributed by atoms with Gasteiger partial charge >= 0.3 is 12.1 Å². The second-order valence-electron chi connectivity index (χ2n) is 6.41. The van der Waals surface area contributed by atoms with Gasteiger partial charge in [-0.2, -0.15) is 13.2 Å². The number of hydrogen-bond acceptors (Lipinski definition) is 4. The smallest absolute Gasteiger partial charge is 0.416 e. The number of benzene rings is 1. The zero-order valence-electron chi connectivity index (χ0n) is 13.9. The Morgan fingerprint density at radius 2 is 2.00 bits per heavy atom. The Labute approximate surface area is 147 Å². The number of fused-ring (bicyclic) bond motifs is 1. The molecule has 0 aromatic heterocycles. The van der Waals surface area contributed by atoms with Gasteiger partial charge < -0.3 is 10.1 Å². The molecule has 0 spiro atoms. The maximum absolute atomic E-state index is 12.8. The van der Waals surface area contributed by atoms with Gasteiger partial charge in [0.25, 0.3) is 5.91 Å². The normalized spacial score (nSPS) is 18.5. The van der Waals surface area contributed by atoms with Gasteiger partial charge in [0.2, 0.25) is 5.91 Å². The van der Waals surface area contributed by atoms with E-state index in [1.807, 2.05) is 0 Å². The molecule has 2 amide bonds. The maximum atomic E-state index is 12.8. The molecule has 3 rings (SSSR count). The lowest BCUT2D eigenvalue weighted by atomic mass is 9.86. The largest absolute Gasteiger partial charge is 0.452 e. The van der Waals surface area contributed by atoms with Gasteiger partial charge in [0.05, 0.1) is 22.9 Å². The molecule has 1 N–H and O–H groups in total. The highest BCUT2D eigenvalue weighted by Gasteiger charge is 2.36. The summed E-state index contributed by atoms with van der Waals surface area (Å²) in [5, 5.41) is 2.33. The molecule has 0 radical (unpaired) electrons. The van der Waals surface area contributed by atoms with Crippen LogP contribution in [0.15, 0.2) is 18.2 Å². The SMILES string of the molecule is C[C@H](OC(=O)C1CCC1)C(=O)N1CC(=O)Nc2cc(C(F)(F)F)ccc21. The summed E-state index contributed by atoms with van der Waals surface area (Å²) in [6.45, 7) is 1.03. The van der Waals surface area contributed by atoms with Crippen molar-refractivity contribution in [3.63, 3.8) is 0 Å². The first-order chi connectivity index (χ1) is 12.2. The topological polar surface area (TPSA) is 75.7 Å². The van der Waals surface area contributed by atoms with Gasteiger partial charge in [-0.25, -0.2) is 0 Å². The number of alkyl halides is 3. The fourth-order valence-corrected chi connectivity index (χ4v) is 2.85. The summed E-state index contributed by atoms with van der Waals surface area (Å²) in [4.78, 5) is 37.3. The van der Waals surface area contributed by atoms with Crippen LogP contribution in [0.5, 0.6) is 0 Å². The summed E-state index contributed by atoms with van der Waals surface area (Å²) in [5.74, 6) is -1.96. The number of rotatable bonds is 3. The van der Waals surface area contributed by atoms with Crippen molar-refractivity contribution >= 4 is 29.2 Å². The average molecular weight is 370 g/mol. The van der Waals surface area contributed by atoms with Gasteiger partial charge in [0.1, 0.15) is 6.54 Å². The quantitative estimate of drug-likeness (QED) is 0.830. The Balaban J connectivity index is 1.81. The first-order valence-corrected chi connectivity index (χ1v) is 8.20. The van der Waals surface area contributed by atoms with Gasteiger partial charge in [-0.15, -0.1) is 0 Å². The molecule has 9 heteroatoms. The first kappa shape index (κ1) is 18.2. The van der Waals surface area contributed by atoms with E-state index < -0.39 is 35.6 Å². The molecule has 1 saturated carbocycles. The molecule has 26 heavy (non-hydrogen) atoms. The molecule has 140 valence electrons. The van der Waals surface area contributed by atoms with Crippen LogP contribution in [0, 0.1) is 5.92 Å². The Hall–Kier alpha value is -2.58. The lowest BCUT2D eigenvalue weighted by Gasteiger charge is -2.32. The highest BCUT2D eigenvalue weighted by Crippen LogP contribution is 2.37. The highest BCUT2D eigenvalue weighted by molar-refractivity contribution is 6.11. The van der Waals surface area contributed by atoms with Gasteiger partial charge in [-0.1, -0.05) is 6.42 Å². The Morgan fingerprint density at radius 3 is 2.58 bits per heavy atom. The van der Waals surface area contributed by atoms with Gasteiger partial charge in [0, 0.05) is 0 Å². The molecule has 6 nitrogen and oxygen atoms in total. The summed E-state index contributed by atoms with van der Waals surface area (Å²) in [7, 11) is 0. The number of nitrogens with one attached hydrogen (secondary N) is 1. The molecule has 1 fully saturated rings. The summed E-state index contributed by atoms with van der Waals surface area (Å²) >= 11 is 0. The van der Waals surface area contributed by atoms with E-state index in [1.165, 1.54) is 6.92 Å². The summed E-state index contributed by atoms with van der Waals surface area (Å²) < 4.78 is 43.7. The van der Waals surface area contributed by atoms with E-state index in [-0.39, 0.29) is 23.8 Å². The summed E-state index contributed by atoms with van der Waals surface area (Å²) in [6, 6.07) is 2.73. The molecule has 2 aliphatic rings. The zero-order valence-corrected chi connectivity index (χ0v) is 13.9. The highest BCUT2D eigenvalue weighted by atomic mass is 19.4. The third-order valence-corrected chi connectivity index (χ3v) is 4.54. The van der Waals surface area contributed by atoms with Gasteiger partial charge in [-0.05, 0) is 38.0 Å². The van der Waals surface area contributed by atoms with Crippen LogP contribution in [-0.4, -0.2) is 30.4 Å². The van der Waals surface area contributed by atoms with Crippen molar-refractivity contribution < 1.29 is 32.3 Å². The number of esters is 1. The van der Waals surface area contributed by atoms with Crippen molar-refractivity contribution in [1.82, 2.24) is 0 Å². The van der Waals surface area contributed by atoms with Crippen LogP contribution in [0.25, 0.3) is 0 Å². The summed E-state index contributed by atoms with van der Waals surface area (Å²) in [6.07, 6.45) is -3.34. The molecule has 0 saturated heterocycles. The zero-order chi connectivity index (χ0) is 19.1. The third kappa shape index (κ3) is 3.51. The molecule has 0 bridgehead atoms. The van der Waals surface area contributed by atoms with Crippen LogP contribution < -0.4 is 10.2 Å². The second kappa shape index (κ2) is 6.62. The third-order valence-electron chi connectivity index (χ3n) is 4.54. The van der Waals surface area contributed by atoms with E-state index in [4.69, 9.17) is 4.74 Å². The monoisotopic (exact) mass is 370 g/mol. The van der Waals surface area contributed by atoms with E-state index in [2.05, 4.69) is 5.32 Å². The van der Waals surface area contributed by atoms with Gasteiger partial charge in [0.15, 0.2) is 6.10 Å². The lowest BCUT2D eigenvalue weighted by molar-refractivity contribution is -0.160. The maximum Gasteiger partial charge on any atom is 0.416 e. The van der Waals surface area contributed by atoms with Crippen molar-refractivity contribution in [3.8, 4) is 0 Å². The lowest BCUT2D eigenvalue weighted by Crippen LogP contribution is -2.47. The molecular weight excluding hydrogens is 353 g/mol. The molecule has 0 unspecified atom stereocenters. The van der Waals surface area contributed by atoms with Crippen LogP contribution in [0.4, 0.5) is 24.5 Å². The van der Waals surface area contributed by atoms with Crippen molar-refractivity contribution in [2.45, 2.75) is 38.5 Å². The number of carbonyl (C=O) groups excluding carboxylic acids is 3. The minimum absolute atomic E-state index is 0.109. The number of amides is 2. The van der Waals surface area contributed by atoms with E-state index in [0.29, 0.717) is 0 Å². The molecular formula is C17H17F3N2O4. The van der Waals surface area contributed by atoms with Crippen molar-refractivity contribution in [3.05, 3.63) is 23.8 Å². The van der Waals surface area contributed by atoms with Gasteiger partial charge in [-0.3, -0.25) is 19.3 Å². The first-order valence-electron chi connectivity index (χ1n) is 8.20. The number of anilines is 2. The number of carbonyl (C=O) groups is 3. The van der Waals surface area contributed by atoms with Crippen LogP contribution >= 0.6 is 0 Å². The Morgan fingerprint density at radius 1 is 1.31 bits per heavy atom. The predicted octanol–water partition coefficient (Wildman–Crippen LogP) is 2.72. The number of ether oxygens (including phenoxy) is 1. The molecule has 1 atom stereocenters. The second-order valence-corrected chi connectivity index (χ2v) is 6.41. The minimum atomic E-state index is -4.57. The Bertz CT molecular complexity index is 759. The average Bonchev–Trinajstić information content (AvgIpc) is 2.49. The van der Waals surface area contributed by atoms with Crippen molar-refractivity contribution in [2.24, 2.45) is 5.92 Å². The van der Waals surface area contributed by atoms with Crippen LogP contribution in [0.3, 0.4) is 0 Å². The fraction of sp³-hybridized carbons (Fsp3) is 0.471. The number of halogens is 3. The van der Waals surface area contributed by atoms with Crippen LogP contribution in [0.1, 0.15) is 31.7 Å². The molecule has 1 aromatic carbocycles. The standard InChI is InChI=1S/C17H17F3N2O4/c1-9(26-16(25)10-3-2-4-10)15(24)22-8-14(23)21-12-7-11(17(18,19)20)5-6-13(12)22/h5-7,9-10H,2-4,8H2,1H3,(H,21,23)/t9-/m0/s1. The molecule has 1 aliphatic carbocycles. The Kier molecular flexibility index (Phi) is 4.64. The molecule has 1 aliphatic heterocycles. The number of hydrogen-bond donors (Lipinski definition) is 1. The van der Waals surface area contributed by atoms with Crippen LogP contribution in [-0.2, 0) is 25.3 Å². The van der Waals surface area contributed by atoms with Crippen molar-refractivity contribution in [2.75, 3.05) is 16.8 Å². The fourth-order valence-electron chi connectivity index (χ4n) is 2.85. The van der Waals surface area contributed by atoms with Crippen molar-refractivity contribution in [1.29, 1.82) is 0 Å². The van der Waals surface area contributed by atoms with Crippen LogP contribution in [0.2, 0.25) is 0 Å². The number of nitrogens with zero attached hydrogens (tertiary/aromatic N) is 1. The van der Waals surface area contributed by atoms with E-state index in [1.54, 1.807) is 0 Å². The van der Waals surface area contributed by atoms with E-state index >= 15 is 0 Å². The molecule has 1 aromatic rings. The molecule has 1 heterocycles. The predicted molar refractivity (Wildman–Crippen MR) is 85.3 cm³/mol. The van der Waals surface area contributed by atoms with E-state index in [9.17, 15) is 27.6 Å². The summed E-state index contributed by atoms with van der Waals surface area (Å²) in [5.41, 5.74) is -0.911.